The molecule has 0 aliphatic carbocycles. The predicted molar refractivity (Wildman–Crippen MR) is 206 cm³/mol. The van der Waals surface area contributed by atoms with Crippen LogP contribution in [0, 0.1) is 0 Å². The second-order valence-corrected chi connectivity index (χ2v) is 11.8. The molecule has 0 radical (unpaired) electrons. The fourth-order valence-electron chi connectivity index (χ4n) is 4.93. The maximum Gasteiger partial charge on any atom is 0.233 e. The highest BCUT2D eigenvalue weighted by molar-refractivity contribution is 5.99. The van der Waals surface area contributed by atoms with Crippen LogP contribution in [0.1, 0.15) is 25.0 Å². The monoisotopic (exact) mass is 696 g/mol. The predicted octanol–water partition coefficient (Wildman–Crippen LogP) is 6.18. The van der Waals surface area contributed by atoms with Crippen molar-refractivity contribution in [2.24, 2.45) is 0 Å². The van der Waals surface area contributed by atoms with E-state index in [1.807, 2.05) is 135 Å². The van der Waals surface area contributed by atoms with E-state index in [4.69, 9.17) is 9.97 Å². The van der Waals surface area contributed by atoms with Gasteiger partial charge in [-0.2, -0.15) is 29.9 Å². The average Bonchev–Trinajstić information content (AvgIpc) is 3.17. The first-order valence-corrected chi connectivity index (χ1v) is 16.8. The summed E-state index contributed by atoms with van der Waals surface area (Å²) in [4.78, 5) is 28.0. The number of benzene rings is 4. The quantitative estimate of drug-likeness (QED) is 0.0536. The number of anilines is 8. The highest BCUT2D eigenvalue weighted by Gasteiger charge is 2.19. The summed E-state index contributed by atoms with van der Waals surface area (Å²) in [5.41, 5.74) is 4.44. The number of para-hydroxylation sites is 2. The van der Waals surface area contributed by atoms with Gasteiger partial charge in [0.25, 0.3) is 0 Å². The fraction of sp³-hybridized carbons (Fsp3) is 0.158. The number of rotatable bonds is 16. The molecular weight excluding hydrogens is 656 g/mol. The molecule has 2 aromatic heterocycles. The molecule has 6 rings (SSSR count). The van der Waals surface area contributed by atoms with E-state index in [1.54, 1.807) is 0 Å². The first-order valence-electron chi connectivity index (χ1n) is 16.8. The second kappa shape index (κ2) is 17.3. The van der Waals surface area contributed by atoms with E-state index >= 15 is 0 Å². The first kappa shape index (κ1) is 35.2. The Hall–Kier alpha value is -6.64. The molecule has 6 aromatic rings. The number of hydrogen-bond acceptors (Lipinski definition) is 14. The van der Waals surface area contributed by atoms with Gasteiger partial charge in [-0.25, -0.2) is 0 Å². The van der Waals surface area contributed by atoms with E-state index in [-0.39, 0.29) is 49.1 Å². The standard InChI is InChI=1S/C38H40N12O2/c1-25(23-51)39-33-45-35(41-29-19-11-5-12-20-29)49-37(47-33)43-31(27-15-7-3-8-16-27)32(28-17-9-4-10-18-28)44-38-48-34(40-26(2)24-52)46-36(50-38)42-30-21-13-6-14-22-30/h3-22,25-26,51-52H,23-24H2,1-2H3,(H3,39,41,43,45,47,49)(H3,40,42,44,46,48,50). The van der Waals surface area contributed by atoms with Crippen molar-refractivity contribution < 1.29 is 10.2 Å². The lowest BCUT2D eigenvalue weighted by Crippen LogP contribution is -2.22. The van der Waals surface area contributed by atoms with Gasteiger partial charge in [-0.1, -0.05) is 97.1 Å². The molecule has 0 bridgehead atoms. The summed E-state index contributed by atoms with van der Waals surface area (Å²) in [5.74, 6) is 1.58. The zero-order chi connectivity index (χ0) is 36.1. The van der Waals surface area contributed by atoms with Gasteiger partial charge in [0.1, 0.15) is 0 Å². The smallest absolute Gasteiger partial charge is 0.233 e. The summed E-state index contributed by atoms with van der Waals surface area (Å²) >= 11 is 0. The van der Waals surface area contributed by atoms with Gasteiger partial charge >= 0.3 is 0 Å². The van der Waals surface area contributed by atoms with E-state index in [9.17, 15) is 10.2 Å². The Balaban J connectivity index is 1.48. The van der Waals surface area contributed by atoms with E-state index in [1.165, 1.54) is 0 Å². The minimum atomic E-state index is -0.315. The summed E-state index contributed by atoms with van der Waals surface area (Å²) in [6.07, 6.45) is 0. The lowest BCUT2D eigenvalue weighted by Gasteiger charge is -2.20. The number of nitrogens with one attached hydrogen (secondary N) is 6. The zero-order valence-electron chi connectivity index (χ0n) is 28.7. The summed E-state index contributed by atoms with van der Waals surface area (Å²) in [6.45, 7) is 3.42. The van der Waals surface area contributed by atoms with Crippen molar-refractivity contribution in [2.75, 3.05) is 45.1 Å². The Morgan fingerprint density at radius 1 is 0.442 bits per heavy atom. The molecule has 2 atom stereocenters. The molecule has 0 aliphatic rings. The number of aliphatic hydroxyl groups excluding tert-OH is 2. The number of aliphatic hydroxyl groups is 2. The molecule has 52 heavy (non-hydrogen) atoms. The van der Waals surface area contributed by atoms with E-state index in [0.717, 1.165) is 22.5 Å². The maximum atomic E-state index is 9.77. The second-order valence-electron chi connectivity index (χ2n) is 11.8. The SMILES string of the molecule is CC(CO)Nc1nc(NC(=C(Nc2nc(Nc3ccccc3)nc(NC(C)CO)n2)c2ccccc2)c2ccccc2)nc(Nc2ccccc2)n1. The molecule has 2 heterocycles. The molecule has 0 spiro atoms. The van der Waals surface area contributed by atoms with Crippen molar-refractivity contribution in [3.63, 3.8) is 0 Å². The Morgan fingerprint density at radius 3 is 1.10 bits per heavy atom. The van der Waals surface area contributed by atoms with Crippen LogP contribution in [0.25, 0.3) is 11.4 Å². The third-order valence-electron chi connectivity index (χ3n) is 7.48. The van der Waals surface area contributed by atoms with Gasteiger partial charge in [0.2, 0.25) is 35.7 Å². The normalized spacial score (nSPS) is 12.5. The zero-order valence-corrected chi connectivity index (χ0v) is 28.7. The summed E-state index contributed by atoms with van der Waals surface area (Å²) in [5, 5.41) is 39.2. The molecular formula is C38H40N12O2. The molecule has 0 saturated carbocycles. The van der Waals surface area contributed by atoms with Crippen molar-refractivity contribution in [1.29, 1.82) is 0 Å². The fourth-order valence-corrected chi connectivity index (χ4v) is 4.93. The van der Waals surface area contributed by atoms with Crippen molar-refractivity contribution in [3.05, 3.63) is 132 Å². The van der Waals surface area contributed by atoms with Gasteiger partial charge in [-0.05, 0) is 38.1 Å². The van der Waals surface area contributed by atoms with Crippen LogP contribution in [0.5, 0.6) is 0 Å². The molecule has 264 valence electrons. The Bertz CT molecular complexity index is 1910. The van der Waals surface area contributed by atoms with Crippen molar-refractivity contribution >= 4 is 58.5 Å². The van der Waals surface area contributed by atoms with Crippen molar-refractivity contribution in [3.8, 4) is 0 Å². The molecule has 8 N–H and O–H groups in total. The van der Waals surface area contributed by atoms with E-state index < -0.39 is 0 Å². The minimum absolute atomic E-state index is 0.117. The van der Waals surface area contributed by atoms with Crippen LogP contribution in [0.2, 0.25) is 0 Å². The molecule has 0 saturated heterocycles. The molecule has 0 amide bonds. The minimum Gasteiger partial charge on any atom is -0.394 e. The van der Waals surface area contributed by atoms with Gasteiger partial charge in [-0.15, -0.1) is 0 Å². The highest BCUT2D eigenvalue weighted by Crippen LogP contribution is 2.29. The molecule has 14 heteroatoms. The summed E-state index contributed by atoms with van der Waals surface area (Å²) in [7, 11) is 0. The lowest BCUT2D eigenvalue weighted by molar-refractivity contribution is 0.281. The molecule has 2 unspecified atom stereocenters. The van der Waals surface area contributed by atoms with Gasteiger partial charge in [-0.3, -0.25) is 0 Å². The molecule has 0 aliphatic heterocycles. The third-order valence-corrected chi connectivity index (χ3v) is 7.48. The van der Waals surface area contributed by atoms with Crippen LogP contribution < -0.4 is 31.9 Å². The van der Waals surface area contributed by atoms with Crippen LogP contribution >= 0.6 is 0 Å². The van der Waals surface area contributed by atoms with Crippen LogP contribution in [-0.2, 0) is 0 Å². The van der Waals surface area contributed by atoms with Gasteiger partial charge in [0.15, 0.2) is 0 Å². The van der Waals surface area contributed by atoms with E-state index in [2.05, 4.69) is 51.8 Å². The summed E-state index contributed by atoms with van der Waals surface area (Å²) in [6, 6.07) is 38.0. The largest absolute Gasteiger partial charge is 0.394 e. The van der Waals surface area contributed by atoms with Gasteiger partial charge in [0, 0.05) is 34.6 Å². The van der Waals surface area contributed by atoms with Gasteiger partial charge < -0.3 is 42.1 Å². The van der Waals surface area contributed by atoms with Crippen LogP contribution in [0.3, 0.4) is 0 Å². The average molecular weight is 697 g/mol. The number of nitrogens with zero attached hydrogens (tertiary/aromatic N) is 6. The van der Waals surface area contributed by atoms with E-state index in [0.29, 0.717) is 23.3 Å². The third kappa shape index (κ3) is 9.74. The molecule has 14 nitrogen and oxygen atoms in total. The lowest BCUT2D eigenvalue weighted by atomic mass is 10.0. The number of hydrogen-bond donors (Lipinski definition) is 8. The topological polar surface area (TPSA) is 190 Å². The Morgan fingerprint density at radius 2 is 0.750 bits per heavy atom. The van der Waals surface area contributed by atoms with Gasteiger partial charge in [0.05, 0.1) is 24.6 Å². The Labute approximate surface area is 301 Å². The molecule has 0 fully saturated rings. The van der Waals surface area contributed by atoms with Crippen LogP contribution in [-0.4, -0.2) is 65.4 Å². The highest BCUT2D eigenvalue weighted by atomic mass is 16.3. The first-order chi connectivity index (χ1) is 25.4. The number of aromatic nitrogens is 6. The Kier molecular flexibility index (Phi) is 11.7. The van der Waals surface area contributed by atoms with Crippen LogP contribution in [0.15, 0.2) is 121 Å². The van der Waals surface area contributed by atoms with Crippen molar-refractivity contribution in [2.45, 2.75) is 25.9 Å². The van der Waals surface area contributed by atoms with Crippen molar-refractivity contribution in [1.82, 2.24) is 29.9 Å². The molecule has 4 aromatic carbocycles. The van der Waals surface area contributed by atoms with Crippen LogP contribution in [0.4, 0.5) is 47.1 Å². The summed E-state index contributed by atoms with van der Waals surface area (Å²) < 4.78 is 0. The maximum absolute atomic E-state index is 9.77.